The third-order valence-corrected chi connectivity index (χ3v) is 3.89. The van der Waals surface area contributed by atoms with Crippen LogP contribution in [0.4, 0.5) is 5.69 Å². The van der Waals surface area contributed by atoms with Crippen molar-refractivity contribution in [3.8, 4) is 0 Å². The number of rotatable bonds is 4. The van der Waals surface area contributed by atoms with Crippen molar-refractivity contribution in [2.24, 2.45) is 0 Å². The van der Waals surface area contributed by atoms with E-state index < -0.39 is 6.04 Å². The van der Waals surface area contributed by atoms with Crippen LogP contribution >= 0.6 is 23.2 Å². The van der Waals surface area contributed by atoms with Crippen molar-refractivity contribution in [1.29, 1.82) is 0 Å². The SMILES string of the molecule is CCN1CCOC(=O)C1CC(=O)Nc1cc(Cl)ccc1Cl. The number of nitrogens with zero attached hydrogens (tertiary/aromatic N) is 1. The zero-order valence-corrected chi connectivity index (χ0v) is 13.1. The molecule has 0 saturated carbocycles. The van der Waals surface area contributed by atoms with Crippen LogP contribution in [0, 0.1) is 0 Å². The Labute approximate surface area is 133 Å². The molecule has 1 N–H and O–H groups in total. The Morgan fingerprint density at radius 3 is 2.95 bits per heavy atom. The van der Waals surface area contributed by atoms with Gasteiger partial charge in [0, 0.05) is 11.6 Å². The first-order valence-electron chi connectivity index (χ1n) is 6.67. The molecule has 1 aromatic carbocycles. The normalized spacial score (nSPS) is 19.2. The summed E-state index contributed by atoms with van der Waals surface area (Å²) in [6, 6.07) is 4.25. The van der Waals surface area contributed by atoms with E-state index in [4.69, 9.17) is 27.9 Å². The van der Waals surface area contributed by atoms with Crippen molar-refractivity contribution >= 4 is 40.8 Å². The van der Waals surface area contributed by atoms with Gasteiger partial charge in [-0.2, -0.15) is 0 Å². The molecule has 1 atom stereocenters. The second kappa shape index (κ2) is 7.11. The smallest absolute Gasteiger partial charge is 0.323 e. The standard InChI is InChI=1S/C14H16Cl2N2O3/c1-2-18-5-6-21-14(20)12(18)8-13(19)17-11-7-9(15)3-4-10(11)16/h3-4,7,12H,2,5-6,8H2,1H3,(H,17,19). The molecule has 0 bridgehead atoms. The van der Waals surface area contributed by atoms with Gasteiger partial charge in [0.2, 0.25) is 5.91 Å². The van der Waals surface area contributed by atoms with Crippen LogP contribution in [0.15, 0.2) is 18.2 Å². The maximum Gasteiger partial charge on any atom is 0.323 e. The number of ether oxygens (including phenoxy) is 1. The van der Waals surface area contributed by atoms with E-state index in [2.05, 4.69) is 5.32 Å². The van der Waals surface area contributed by atoms with E-state index in [1.165, 1.54) is 0 Å². The number of morpholine rings is 1. The van der Waals surface area contributed by atoms with Gasteiger partial charge in [0.05, 0.1) is 17.1 Å². The molecule has 1 aliphatic heterocycles. The van der Waals surface area contributed by atoms with Gasteiger partial charge in [-0.05, 0) is 24.7 Å². The number of likely N-dealkylation sites (N-methyl/N-ethyl adjacent to an activating group) is 1. The number of nitrogens with one attached hydrogen (secondary N) is 1. The number of halogens is 2. The summed E-state index contributed by atoms with van der Waals surface area (Å²) in [5, 5.41) is 3.54. The molecule has 114 valence electrons. The molecule has 0 aromatic heterocycles. The third-order valence-electron chi connectivity index (χ3n) is 3.32. The van der Waals surface area contributed by atoms with Crippen LogP contribution in [0.2, 0.25) is 10.0 Å². The summed E-state index contributed by atoms with van der Waals surface area (Å²) in [6.45, 7) is 3.63. The van der Waals surface area contributed by atoms with E-state index in [0.717, 1.165) is 0 Å². The summed E-state index contributed by atoms with van der Waals surface area (Å²) in [6.07, 6.45) is 0.0233. The van der Waals surface area contributed by atoms with Gasteiger partial charge in [-0.25, -0.2) is 0 Å². The van der Waals surface area contributed by atoms with Crippen molar-refractivity contribution in [2.75, 3.05) is 25.0 Å². The van der Waals surface area contributed by atoms with Crippen molar-refractivity contribution in [3.63, 3.8) is 0 Å². The van der Waals surface area contributed by atoms with Crippen molar-refractivity contribution in [1.82, 2.24) is 4.90 Å². The summed E-state index contributed by atoms with van der Waals surface area (Å²) < 4.78 is 5.01. The summed E-state index contributed by atoms with van der Waals surface area (Å²) in [4.78, 5) is 25.8. The lowest BCUT2D eigenvalue weighted by atomic mass is 10.1. The van der Waals surface area contributed by atoms with Crippen molar-refractivity contribution < 1.29 is 14.3 Å². The molecule has 0 radical (unpaired) electrons. The summed E-state index contributed by atoms with van der Waals surface area (Å²) in [5.74, 6) is -0.670. The fourth-order valence-corrected chi connectivity index (χ4v) is 2.56. The minimum absolute atomic E-state index is 0.0233. The number of hydrogen-bond donors (Lipinski definition) is 1. The number of anilines is 1. The Hall–Kier alpha value is -1.30. The molecule has 0 spiro atoms. The second-order valence-electron chi connectivity index (χ2n) is 4.69. The van der Waals surface area contributed by atoms with Crippen LogP contribution in [0.3, 0.4) is 0 Å². The molecule has 1 saturated heterocycles. The van der Waals surface area contributed by atoms with E-state index in [0.29, 0.717) is 35.4 Å². The summed E-state index contributed by atoms with van der Waals surface area (Å²) in [7, 11) is 0. The molecule has 2 rings (SSSR count). The molecule has 1 aromatic rings. The number of benzene rings is 1. The molecule has 1 heterocycles. The van der Waals surface area contributed by atoms with Crippen LogP contribution in [0.25, 0.3) is 0 Å². The lowest BCUT2D eigenvalue weighted by molar-refractivity contribution is -0.158. The Morgan fingerprint density at radius 1 is 1.48 bits per heavy atom. The fourth-order valence-electron chi connectivity index (χ4n) is 2.23. The Morgan fingerprint density at radius 2 is 2.24 bits per heavy atom. The molecule has 7 heteroatoms. The van der Waals surface area contributed by atoms with Gasteiger partial charge in [0.25, 0.3) is 0 Å². The molecule has 1 fully saturated rings. The molecule has 5 nitrogen and oxygen atoms in total. The van der Waals surface area contributed by atoms with E-state index >= 15 is 0 Å². The monoisotopic (exact) mass is 330 g/mol. The number of hydrogen-bond acceptors (Lipinski definition) is 4. The van der Waals surface area contributed by atoms with Gasteiger partial charge in [-0.1, -0.05) is 30.1 Å². The van der Waals surface area contributed by atoms with Crippen LogP contribution in [0.5, 0.6) is 0 Å². The zero-order chi connectivity index (χ0) is 15.4. The fraction of sp³-hybridized carbons (Fsp3) is 0.429. The van der Waals surface area contributed by atoms with E-state index in [1.807, 2.05) is 11.8 Å². The predicted molar refractivity (Wildman–Crippen MR) is 81.7 cm³/mol. The highest BCUT2D eigenvalue weighted by molar-refractivity contribution is 6.35. The van der Waals surface area contributed by atoms with E-state index in [1.54, 1.807) is 18.2 Å². The summed E-state index contributed by atoms with van der Waals surface area (Å²) in [5.41, 5.74) is 0.432. The molecule has 0 aliphatic carbocycles. The average Bonchev–Trinajstić information content (AvgIpc) is 2.45. The van der Waals surface area contributed by atoms with Crippen molar-refractivity contribution in [3.05, 3.63) is 28.2 Å². The predicted octanol–water partition coefficient (Wildman–Crippen LogP) is 2.57. The topological polar surface area (TPSA) is 58.6 Å². The largest absolute Gasteiger partial charge is 0.463 e. The van der Waals surface area contributed by atoms with Crippen LogP contribution < -0.4 is 5.32 Å². The van der Waals surface area contributed by atoms with Gasteiger partial charge in [0.1, 0.15) is 12.6 Å². The first-order valence-corrected chi connectivity index (χ1v) is 7.42. The van der Waals surface area contributed by atoms with Crippen LogP contribution in [0.1, 0.15) is 13.3 Å². The van der Waals surface area contributed by atoms with Gasteiger partial charge in [-0.15, -0.1) is 0 Å². The Bertz CT molecular complexity index is 551. The molecule has 21 heavy (non-hydrogen) atoms. The minimum Gasteiger partial charge on any atom is -0.463 e. The molecular formula is C14H16Cl2N2O3. The van der Waals surface area contributed by atoms with Gasteiger partial charge >= 0.3 is 5.97 Å². The maximum absolute atomic E-state index is 12.1. The molecule has 1 aliphatic rings. The quantitative estimate of drug-likeness (QED) is 0.862. The molecular weight excluding hydrogens is 315 g/mol. The number of cyclic esters (lactones) is 1. The highest BCUT2D eigenvalue weighted by Crippen LogP contribution is 2.25. The van der Waals surface area contributed by atoms with Crippen LogP contribution in [-0.2, 0) is 14.3 Å². The first kappa shape index (κ1) is 16.1. The number of amides is 1. The molecule has 1 amide bonds. The number of carbonyl (C=O) groups is 2. The summed E-state index contributed by atoms with van der Waals surface area (Å²) >= 11 is 11.9. The third kappa shape index (κ3) is 4.09. The van der Waals surface area contributed by atoms with Gasteiger partial charge in [-0.3, -0.25) is 14.5 Å². The maximum atomic E-state index is 12.1. The average molecular weight is 331 g/mol. The minimum atomic E-state index is -0.554. The molecule has 1 unspecified atom stereocenters. The first-order chi connectivity index (χ1) is 10.0. The zero-order valence-electron chi connectivity index (χ0n) is 11.6. The van der Waals surface area contributed by atoms with Gasteiger partial charge in [0.15, 0.2) is 0 Å². The highest BCUT2D eigenvalue weighted by Gasteiger charge is 2.32. The Kier molecular flexibility index (Phi) is 5.45. The number of carbonyl (C=O) groups excluding carboxylic acids is 2. The Balaban J connectivity index is 2.03. The lowest BCUT2D eigenvalue weighted by Crippen LogP contribution is -2.50. The van der Waals surface area contributed by atoms with E-state index in [9.17, 15) is 9.59 Å². The van der Waals surface area contributed by atoms with Crippen LogP contribution in [-0.4, -0.2) is 42.5 Å². The highest BCUT2D eigenvalue weighted by atomic mass is 35.5. The second-order valence-corrected chi connectivity index (χ2v) is 5.53. The number of esters is 1. The van der Waals surface area contributed by atoms with E-state index in [-0.39, 0.29) is 18.3 Å². The van der Waals surface area contributed by atoms with Crippen molar-refractivity contribution in [2.45, 2.75) is 19.4 Å². The van der Waals surface area contributed by atoms with Gasteiger partial charge < -0.3 is 10.1 Å². The lowest BCUT2D eigenvalue weighted by Gasteiger charge is -2.32.